The highest BCUT2D eigenvalue weighted by Gasteiger charge is 2.52. The van der Waals surface area contributed by atoms with E-state index >= 15 is 0 Å². The first-order chi connectivity index (χ1) is 3.67. The van der Waals surface area contributed by atoms with Crippen LogP contribution in [0, 0.1) is 5.92 Å². The van der Waals surface area contributed by atoms with Gasteiger partial charge in [0.15, 0.2) is 4.58 Å². The van der Waals surface area contributed by atoms with Crippen molar-refractivity contribution in [1.82, 2.24) is 0 Å². The van der Waals surface area contributed by atoms with E-state index in [1.807, 2.05) is 0 Å². The van der Waals surface area contributed by atoms with E-state index in [1.165, 1.54) is 0 Å². The van der Waals surface area contributed by atoms with Gasteiger partial charge < -0.3 is 5.11 Å². The Morgan fingerprint density at radius 2 is 2.38 bits per heavy atom. The van der Waals surface area contributed by atoms with Gasteiger partial charge in [0.1, 0.15) is 0 Å². The largest absolute Gasteiger partial charge is 0.396 e. The third-order valence-electron chi connectivity index (χ3n) is 1.43. The van der Waals surface area contributed by atoms with Crippen molar-refractivity contribution in [3.63, 3.8) is 0 Å². The summed E-state index contributed by atoms with van der Waals surface area (Å²) in [6, 6.07) is 0. The van der Waals surface area contributed by atoms with Gasteiger partial charge in [0.2, 0.25) is 0 Å². The Morgan fingerprint density at radius 3 is 2.50 bits per heavy atom. The molecule has 0 spiro atoms. The Bertz CT molecular complexity index is 94.4. The average Bonchev–Trinajstić information content (AvgIpc) is 2.15. The molecule has 0 heterocycles. The standard InChI is InChI=1S/C5H8BrFO/c6-5(7)3-4(5)1-2-8/h4,8H,1-3H2. The maximum Gasteiger partial charge on any atom is 0.168 e. The molecule has 1 aliphatic rings. The van der Waals surface area contributed by atoms with Crippen LogP contribution >= 0.6 is 15.9 Å². The molecule has 0 aliphatic heterocycles. The van der Waals surface area contributed by atoms with Crippen molar-refractivity contribution in [2.45, 2.75) is 17.4 Å². The Labute approximate surface area is 56.0 Å². The summed E-state index contributed by atoms with van der Waals surface area (Å²) < 4.78 is 11.3. The van der Waals surface area contributed by atoms with E-state index < -0.39 is 4.58 Å². The van der Waals surface area contributed by atoms with Crippen LogP contribution in [0.25, 0.3) is 0 Å². The average molecular weight is 183 g/mol. The van der Waals surface area contributed by atoms with E-state index in [0.717, 1.165) is 0 Å². The Kier molecular flexibility index (Phi) is 1.59. The third-order valence-corrected chi connectivity index (χ3v) is 2.40. The van der Waals surface area contributed by atoms with Crippen molar-refractivity contribution >= 4 is 15.9 Å². The van der Waals surface area contributed by atoms with Crippen LogP contribution < -0.4 is 0 Å². The molecule has 0 saturated heterocycles. The number of aliphatic hydroxyl groups is 1. The van der Waals surface area contributed by atoms with Gasteiger partial charge in [0.25, 0.3) is 0 Å². The number of halogens is 2. The summed E-state index contributed by atoms with van der Waals surface area (Å²) in [7, 11) is 0. The summed E-state index contributed by atoms with van der Waals surface area (Å²) in [6.45, 7) is 0.0991. The zero-order chi connectivity index (χ0) is 6.20. The van der Waals surface area contributed by atoms with Crippen molar-refractivity contribution in [3.8, 4) is 0 Å². The first-order valence-electron chi connectivity index (χ1n) is 2.65. The van der Waals surface area contributed by atoms with Gasteiger partial charge in [0, 0.05) is 12.5 Å². The fraction of sp³-hybridized carbons (Fsp3) is 1.00. The highest BCUT2D eigenvalue weighted by Crippen LogP contribution is 2.54. The molecule has 1 aliphatic carbocycles. The molecule has 0 aromatic heterocycles. The van der Waals surface area contributed by atoms with Crippen molar-refractivity contribution in [3.05, 3.63) is 0 Å². The topological polar surface area (TPSA) is 20.2 Å². The highest BCUT2D eigenvalue weighted by atomic mass is 79.9. The lowest BCUT2D eigenvalue weighted by atomic mass is 10.3. The van der Waals surface area contributed by atoms with Crippen LogP contribution in [0.3, 0.4) is 0 Å². The molecule has 0 amide bonds. The molecule has 2 unspecified atom stereocenters. The molecule has 1 fully saturated rings. The molecule has 0 bridgehead atoms. The Hall–Kier alpha value is 0.370. The second-order valence-electron chi connectivity index (χ2n) is 2.17. The molecule has 1 saturated carbocycles. The van der Waals surface area contributed by atoms with Crippen LogP contribution in [-0.2, 0) is 0 Å². The number of aliphatic hydroxyl groups excluding tert-OH is 1. The maximum absolute atomic E-state index is 12.5. The monoisotopic (exact) mass is 182 g/mol. The van der Waals surface area contributed by atoms with Gasteiger partial charge in [-0.05, 0) is 28.8 Å². The van der Waals surface area contributed by atoms with Gasteiger partial charge in [-0.15, -0.1) is 0 Å². The minimum absolute atomic E-state index is 0.0625. The summed E-state index contributed by atoms with van der Waals surface area (Å²) in [4.78, 5) is 0. The number of alkyl halides is 2. The highest BCUT2D eigenvalue weighted by molar-refractivity contribution is 9.10. The second-order valence-corrected chi connectivity index (χ2v) is 3.49. The van der Waals surface area contributed by atoms with Crippen molar-refractivity contribution in [2.24, 2.45) is 5.92 Å². The summed E-state index contributed by atoms with van der Waals surface area (Å²) in [5.74, 6) is 0.0625. The van der Waals surface area contributed by atoms with E-state index in [2.05, 4.69) is 15.9 Å². The second kappa shape index (κ2) is 1.95. The van der Waals surface area contributed by atoms with Gasteiger partial charge in [-0.1, -0.05) is 0 Å². The predicted octanol–water partition coefficient (Wildman–Crippen LogP) is 1.45. The van der Waals surface area contributed by atoms with Gasteiger partial charge in [0.05, 0.1) is 0 Å². The summed E-state index contributed by atoms with van der Waals surface area (Å²) in [5.41, 5.74) is 0. The van der Waals surface area contributed by atoms with Crippen molar-refractivity contribution in [2.75, 3.05) is 6.61 Å². The number of rotatable bonds is 2. The lowest BCUT2D eigenvalue weighted by molar-refractivity contribution is 0.268. The fourth-order valence-corrected chi connectivity index (χ4v) is 1.36. The molecule has 0 aromatic rings. The summed E-state index contributed by atoms with van der Waals surface area (Å²) in [5, 5.41) is 8.32. The fourth-order valence-electron chi connectivity index (χ4n) is 0.739. The normalized spacial score (nSPS) is 44.6. The first kappa shape index (κ1) is 6.49. The van der Waals surface area contributed by atoms with Crippen LogP contribution in [0.4, 0.5) is 4.39 Å². The molecule has 48 valence electrons. The predicted molar refractivity (Wildman–Crippen MR) is 32.6 cm³/mol. The summed E-state index contributed by atoms with van der Waals surface area (Å²) in [6.07, 6.45) is 1.15. The first-order valence-corrected chi connectivity index (χ1v) is 3.45. The van der Waals surface area contributed by atoms with E-state index in [1.54, 1.807) is 0 Å². The maximum atomic E-state index is 12.5. The number of hydrogen-bond donors (Lipinski definition) is 1. The lowest BCUT2D eigenvalue weighted by Crippen LogP contribution is -1.93. The molecule has 1 nitrogen and oxygen atoms in total. The van der Waals surface area contributed by atoms with Gasteiger partial charge in [-0.3, -0.25) is 0 Å². The minimum atomic E-state index is -1.13. The van der Waals surface area contributed by atoms with Crippen LogP contribution in [0.1, 0.15) is 12.8 Å². The lowest BCUT2D eigenvalue weighted by Gasteiger charge is -1.92. The van der Waals surface area contributed by atoms with Crippen LogP contribution in [0.5, 0.6) is 0 Å². The van der Waals surface area contributed by atoms with Crippen molar-refractivity contribution in [1.29, 1.82) is 0 Å². The Morgan fingerprint density at radius 1 is 1.88 bits per heavy atom. The molecular formula is C5H8BrFO. The molecule has 0 radical (unpaired) electrons. The smallest absolute Gasteiger partial charge is 0.168 e. The van der Waals surface area contributed by atoms with Crippen LogP contribution in [0.2, 0.25) is 0 Å². The zero-order valence-electron chi connectivity index (χ0n) is 4.40. The van der Waals surface area contributed by atoms with Gasteiger partial charge in [-0.2, -0.15) is 0 Å². The quantitative estimate of drug-likeness (QED) is 0.642. The van der Waals surface area contributed by atoms with E-state index in [-0.39, 0.29) is 12.5 Å². The van der Waals surface area contributed by atoms with Gasteiger partial charge >= 0.3 is 0 Å². The summed E-state index contributed by atoms with van der Waals surface area (Å²) >= 11 is 2.88. The van der Waals surface area contributed by atoms with Gasteiger partial charge in [-0.25, -0.2) is 4.39 Å². The molecule has 0 aromatic carbocycles. The minimum Gasteiger partial charge on any atom is -0.396 e. The molecule has 1 rings (SSSR count). The Balaban J connectivity index is 2.17. The van der Waals surface area contributed by atoms with E-state index in [4.69, 9.17) is 5.11 Å². The van der Waals surface area contributed by atoms with Crippen LogP contribution in [0.15, 0.2) is 0 Å². The molecule has 8 heavy (non-hydrogen) atoms. The SMILES string of the molecule is OCCC1CC1(F)Br. The molecule has 3 heteroatoms. The molecular weight excluding hydrogens is 175 g/mol. The van der Waals surface area contributed by atoms with E-state index in [0.29, 0.717) is 12.8 Å². The van der Waals surface area contributed by atoms with Crippen LogP contribution in [-0.4, -0.2) is 16.3 Å². The molecule has 1 N–H and O–H groups in total. The van der Waals surface area contributed by atoms with Crippen molar-refractivity contribution < 1.29 is 9.50 Å². The zero-order valence-corrected chi connectivity index (χ0v) is 5.99. The van der Waals surface area contributed by atoms with E-state index in [9.17, 15) is 4.39 Å². The number of hydrogen-bond acceptors (Lipinski definition) is 1. The third kappa shape index (κ3) is 1.20. The molecule has 2 atom stereocenters.